The second kappa shape index (κ2) is 2.72. The summed E-state index contributed by atoms with van der Waals surface area (Å²) in [6, 6.07) is 0.0600. The number of β-amino-alcohol motifs (C(OH)–C–C–N with tert-alkyl or cyclic N) is 1. The Morgan fingerprint density at radius 2 is 2.42 bits per heavy atom. The lowest BCUT2D eigenvalue weighted by atomic mass is 10.2. The molecule has 0 unspecified atom stereocenters. The Labute approximate surface area is 69.2 Å². The summed E-state index contributed by atoms with van der Waals surface area (Å²) in [5, 5.41) is 18.7. The molecule has 0 bridgehead atoms. The first-order valence-electron chi connectivity index (χ1n) is 3.85. The molecule has 0 saturated carbocycles. The number of aliphatic hydroxyl groups is 1. The van der Waals surface area contributed by atoms with Gasteiger partial charge in [-0.25, -0.2) is 0 Å². The molecule has 0 radical (unpaired) electrons. The minimum Gasteiger partial charge on any atom is -0.392 e. The third-order valence-corrected chi connectivity index (χ3v) is 1.96. The Morgan fingerprint density at radius 1 is 1.58 bits per heavy atom. The number of nitrogens with two attached hydrogens (primary N) is 1. The van der Waals surface area contributed by atoms with E-state index < -0.39 is 0 Å². The van der Waals surface area contributed by atoms with Crippen LogP contribution in [0.5, 0.6) is 0 Å². The molecule has 1 aliphatic rings. The number of aromatic nitrogens is 3. The summed E-state index contributed by atoms with van der Waals surface area (Å²) >= 11 is 0. The van der Waals surface area contributed by atoms with E-state index in [0.29, 0.717) is 18.8 Å². The van der Waals surface area contributed by atoms with Crippen molar-refractivity contribution in [1.29, 1.82) is 0 Å². The van der Waals surface area contributed by atoms with E-state index in [1.165, 1.54) is 0 Å². The Morgan fingerprint density at radius 3 is 2.92 bits per heavy atom. The number of aliphatic hydroxyl groups excluding tert-OH is 1. The van der Waals surface area contributed by atoms with Crippen LogP contribution in [0.15, 0.2) is 0 Å². The summed E-state index contributed by atoms with van der Waals surface area (Å²) in [4.78, 5) is 3.96. The summed E-state index contributed by atoms with van der Waals surface area (Å²) in [6.07, 6.45) is 0.371. The van der Waals surface area contributed by atoms with E-state index in [9.17, 15) is 5.11 Å². The number of nitrogen functional groups attached to an aromatic ring is 1. The highest BCUT2D eigenvalue weighted by molar-refractivity contribution is 5.15. The molecular weight excluding hydrogens is 158 g/mol. The van der Waals surface area contributed by atoms with Crippen LogP contribution >= 0.6 is 0 Å². The van der Waals surface area contributed by atoms with Crippen LogP contribution in [0.2, 0.25) is 0 Å². The maximum atomic E-state index is 9.21. The molecule has 6 heteroatoms. The van der Waals surface area contributed by atoms with Gasteiger partial charge in [-0.15, -0.1) is 5.10 Å². The summed E-state index contributed by atoms with van der Waals surface area (Å²) < 4.78 is 0. The highest BCUT2D eigenvalue weighted by Crippen LogP contribution is 2.19. The topological polar surface area (TPSA) is 99.8 Å². The minimum absolute atomic E-state index is 0.0600. The van der Waals surface area contributed by atoms with Gasteiger partial charge in [-0.05, 0) is 6.42 Å². The average Bonchev–Trinajstić information content (AvgIpc) is 2.58. The van der Waals surface area contributed by atoms with Gasteiger partial charge in [0.1, 0.15) is 5.82 Å². The van der Waals surface area contributed by atoms with Crippen molar-refractivity contribution in [3.05, 3.63) is 5.82 Å². The summed E-state index contributed by atoms with van der Waals surface area (Å²) in [5.74, 6) is 0.942. The third kappa shape index (κ3) is 1.26. The fourth-order valence-corrected chi connectivity index (χ4v) is 1.37. The number of anilines is 1. The minimum atomic E-state index is -0.290. The predicted molar refractivity (Wildman–Crippen MR) is 42.2 cm³/mol. The van der Waals surface area contributed by atoms with Crippen molar-refractivity contribution < 1.29 is 5.11 Å². The number of nitrogens with zero attached hydrogens (tertiary/aromatic N) is 2. The van der Waals surface area contributed by atoms with E-state index in [-0.39, 0.29) is 18.1 Å². The maximum Gasteiger partial charge on any atom is 0.239 e. The standard InChI is InChI=1S/C6H11N5O/c7-6-9-5(10-11-6)4-1-3(12)2-8-4/h3-4,8,12H,1-2H2,(H3,7,9,10,11)/t3-,4+/m1/s1. The molecule has 0 amide bonds. The summed E-state index contributed by atoms with van der Waals surface area (Å²) in [5.41, 5.74) is 5.34. The normalized spacial score (nSPS) is 29.4. The lowest BCUT2D eigenvalue weighted by molar-refractivity contribution is 0.193. The van der Waals surface area contributed by atoms with Gasteiger partial charge in [0.05, 0.1) is 12.1 Å². The van der Waals surface area contributed by atoms with Crippen molar-refractivity contribution in [2.75, 3.05) is 12.3 Å². The fourth-order valence-electron chi connectivity index (χ4n) is 1.37. The van der Waals surface area contributed by atoms with Crippen LogP contribution in [0, 0.1) is 0 Å². The zero-order valence-corrected chi connectivity index (χ0v) is 6.49. The zero-order valence-electron chi connectivity index (χ0n) is 6.49. The third-order valence-electron chi connectivity index (χ3n) is 1.96. The molecule has 0 spiro atoms. The maximum absolute atomic E-state index is 9.21. The highest BCUT2D eigenvalue weighted by Gasteiger charge is 2.25. The monoisotopic (exact) mass is 169 g/mol. The molecule has 1 aliphatic heterocycles. The van der Waals surface area contributed by atoms with Gasteiger partial charge in [0.15, 0.2) is 0 Å². The first-order chi connectivity index (χ1) is 5.75. The van der Waals surface area contributed by atoms with Gasteiger partial charge in [0.2, 0.25) is 5.95 Å². The Hall–Kier alpha value is -1.14. The van der Waals surface area contributed by atoms with E-state index in [0.717, 1.165) is 0 Å². The van der Waals surface area contributed by atoms with Gasteiger partial charge < -0.3 is 16.2 Å². The predicted octanol–water partition coefficient (Wildman–Crippen LogP) is -1.22. The molecule has 0 aliphatic carbocycles. The van der Waals surface area contributed by atoms with Gasteiger partial charge in [-0.1, -0.05) is 0 Å². The van der Waals surface area contributed by atoms with Crippen molar-refractivity contribution >= 4 is 5.95 Å². The summed E-state index contributed by atoms with van der Waals surface area (Å²) in [7, 11) is 0. The van der Waals surface area contributed by atoms with Crippen LogP contribution in [-0.2, 0) is 0 Å². The Bertz CT molecular complexity index is 273. The van der Waals surface area contributed by atoms with Crippen LogP contribution < -0.4 is 11.1 Å². The molecule has 2 rings (SSSR count). The molecule has 2 heterocycles. The second-order valence-electron chi connectivity index (χ2n) is 2.93. The van der Waals surface area contributed by atoms with Crippen LogP contribution in [0.3, 0.4) is 0 Å². The van der Waals surface area contributed by atoms with Gasteiger partial charge in [-0.3, -0.25) is 5.10 Å². The van der Waals surface area contributed by atoms with Gasteiger partial charge in [0, 0.05) is 6.54 Å². The fraction of sp³-hybridized carbons (Fsp3) is 0.667. The number of rotatable bonds is 1. The van der Waals surface area contributed by atoms with E-state index >= 15 is 0 Å². The molecule has 1 aromatic heterocycles. The number of hydrogen-bond donors (Lipinski definition) is 4. The zero-order chi connectivity index (χ0) is 8.55. The molecule has 2 atom stereocenters. The molecule has 5 N–H and O–H groups in total. The molecule has 66 valence electrons. The molecule has 1 saturated heterocycles. The van der Waals surface area contributed by atoms with E-state index in [1.54, 1.807) is 0 Å². The number of hydrogen-bond acceptors (Lipinski definition) is 5. The lowest BCUT2D eigenvalue weighted by Gasteiger charge is -2.03. The van der Waals surface area contributed by atoms with E-state index in [4.69, 9.17) is 5.73 Å². The second-order valence-corrected chi connectivity index (χ2v) is 2.93. The Kier molecular flexibility index (Phi) is 1.70. The smallest absolute Gasteiger partial charge is 0.239 e. The average molecular weight is 169 g/mol. The number of H-pyrrole nitrogens is 1. The molecule has 0 aromatic carbocycles. The van der Waals surface area contributed by atoms with Gasteiger partial charge in [-0.2, -0.15) is 4.98 Å². The lowest BCUT2D eigenvalue weighted by Crippen LogP contribution is -2.15. The van der Waals surface area contributed by atoms with Gasteiger partial charge in [0.25, 0.3) is 0 Å². The SMILES string of the molecule is Nc1n[nH]c([C@@H]2C[C@@H](O)CN2)n1. The van der Waals surface area contributed by atoms with Crippen LogP contribution in [-0.4, -0.2) is 32.9 Å². The number of nitrogens with one attached hydrogen (secondary N) is 2. The molecule has 1 fully saturated rings. The molecule has 1 aromatic rings. The van der Waals surface area contributed by atoms with Crippen LogP contribution in [0.25, 0.3) is 0 Å². The van der Waals surface area contributed by atoms with Crippen LogP contribution in [0.4, 0.5) is 5.95 Å². The van der Waals surface area contributed by atoms with Crippen molar-refractivity contribution in [3.63, 3.8) is 0 Å². The quantitative estimate of drug-likeness (QED) is 0.422. The van der Waals surface area contributed by atoms with Crippen molar-refractivity contribution in [3.8, 4) is 0 Å². The van der Waals surface area contributed by atoms with Gasteiger partial charge >= 0.3 is 0 Å². The first kappa shape index (κ1) is 7.51. The van der Waals surface area contributed by atoms with E-state index in [1.807, 2.05) is 0 Å². The van der Waals surface area contributed by atoms with E-state index in [2.05, 4.69) is 20.5 Å². The largest absolute Gasteiger partial charge is 0.392 e. The highest BCUT2D eigenvalue weighted by atomic mass is 16.3. The van der Waals surface area contributed by atoms with Crippen molar-refractivity contribution in [2.24, 2.45) is 0 Å². The first-order valence-corrected chi connectivity index (χ1v) is 3.85. The number of aromatic amines is 1. The molecular formula is C6H11N5O. The summed E-state index contributed by atoms with van der Waals surface area (Å²) in [6.45, 7) is 0.602. The molecule has 12 heavy (non-hydrogen) atoms. The Balaban J connectivity index is 2.11. The van der Waals surface area contributed by atoms with Crippen molar-refractivity contribution in [1.82, 2.24) is 20.5 Å². The van der Waals surface area contributed by atoms with Crippen molar-refractivity contribution in [2.45, 2.75) is 18.6 Å². The molecule has 6 nitrogen and oxygen atoms in total. The van der Waals surface area contributed by atoms with Crippen LogP contribution in [0.1, 0.15) is 18.3 Å².